The third-order valence-corrected chi connectivity index (χ3v) is 3.08. The van der Waals surface area contributed by atoms with E-state index in [1.54, 1.807) is 22.9 Å². The maximum atomic E-state index is 11.4. The Bertz CT molecular complexity index is 509. The molecular formula is C11H14N4O2S. The minimum absolute atomic E-state index is 0.252. The van der Waals surface area contributed by atoms with Crippen LogP contribution < -0.4 is 11.3 Å². The number of nitrogen functional groups attached to an aromatic ring is 1. The summed E-state index contributed by atoms with van der Waals surface area (Å²) in [7, 11) is 1.95. The summed E-state index contributed by atoms with van der Waals surface area (Å²) in [6.45, 7) is 1.31. The van der Waals surface area contributed by atoms with Crippen LogP contribution in [-0.2, 0) is 13.1 Å². The van der Waals surface area contributed by atoms with Gasteiger partial charge in [0.15, 0.2) is 5.76 Å². The molecule has 6 nitrogen and oxygen atoms in total. The topological polar surface area (TPSA) is 84.4 Å². The highest BCUT2D eigenvalue weighted by atomic mass is 32.1. The molecule has 2 rings (SSSR count). The van der Waals surface area contributed by atoms with Crippen molar-refractivity contribution in [2.45, 2.75) is 13.1 Å². The number of amides is 1. The normalized spacial score (nSPS) is 10.8. The zero-order valence-corrected chi connectivity index (χ0v) is 10.7. The van der Waals surface area contributed by atoms with E-state index in [9.17, 15) is 4.79 Å². The number of hydrogen-bond donors (Lipinski definition) is 2. The summed E-state index contributed by atoms with van der Waals surface area (Å²) in [5, 5.41) is 2.00. The molecule has 0 saturated heterocycles. The Hall–Kier alpha value is -1.70. The number of hydrazine groups is 1. The Balaban J connectivity index is 2.01. The zero-order valence-electron chi connectivity index (χ0n) is 9.92. The number of hydrogen-bond acceptors (Lipinski definition) is 6. The molecule has 2 aromatic heterocycles. The van der Waals surface area contributed by atoms with Gasteiger partial charge in [0.25, 0.3) is 0 Å². The van der Waals surface area contributed by atoms with Gasteiger partial charge in [0, 0.05) is 24.0 Å². The third-order valence-electron chi connectivity index (χ3n) is 2.44. The molecule has 0 aliphatic heterocycles. The Morgan fingerprint density at radius 2 is 2.44 bits per heavy atom. The van der Waals surface area contributed by atoms with Crippen LogP contribution in [0.2, 0.25) is 0 Å². The summed E-state index contributed by atoms with van der Waals surface area (Å²) in [5.74, 6) is 4.92. The van der Waals surface area contributed by atoms with Gasteiger partial charge in [-0.1, -0.05) is 0 Å². The van der Waals surface area contributed by atoms with Crippen molar-refractivity contribution in [2.24, 2.45) is 5.84 Å². The molecule has 0 saturated carbocycles. The van der Waals surface area contributed by atoms with Crippen LogP contribution >= 0.6 is 11.3 Å². The predicted molar refractivity (Wildman–Crippen MR) is 67.6 cm³/mol. The molecule has 0 unspecified atom stereocenters. The molecule has 0 atom stereocenters. The van der Waals surface area contributed by atoms with Crippen LogP contribution in [0.4, 0.5) is 0 Å². The third kappa shape index (κ3) is 2.95. The number of furan rings is 1. The van der Waals surface area contributed by atoms with Crippen molar-refractivity contribution >= 4 is 17.2 Å². The van der Waals surface area contributed by atoms with Gasteiger partial charge >= 0.3 is 5.91 Å². The molecule has 96 valence electrons. The van der Waals surface area contributed by atoms with E-state index < -0.39 is 5.91 Å². The second-order valence-corrected chi connectivity index (χ2v) is 4.62. The van der Waals surface area contributed by atoms with Crippen molar-refractivity contribution in [2.75, 3.05) is 7.05 Å². The number of nitrogens with two attached hydrogens (primary N) is 1. The minimum atomic E-state index is -0.419. The van der Waals surface area contributed by atoms with Gasteiger partial charge in [0.2, 0.25) is 0 Å². The van der Waals surface area contributed by atoms with Crippen molar-refractivity contribution in [1.82, 2.24) is 15.3 Å². The summed E-state index contributed by atoms with van der Waals surface area (Å²) in [4.78, 5) is 17.7. The molecule has 7 heteroatoms. The SMILES string of the molecule is CN(Cc1cscn1)Cc1ccoc1C(=O)NN. The van der Waals surface area contributed by atoms with Gasteiger partial charge in [-0.15, -0.1) is 11.3 Å². The summed E-state index contributed by atoms with van der Waals surface area (Å²) in [6.07, 6.45) is 1.48. The number of carbonyl (C=O) groups is 1. The molecule has 0 aliphatic rings. The first-order valence-electron chi connectivity index (χ1n) is 5.33. The number of nitrogens with zero attached hydrogens (tertiary/aromatic N) is 2. The molecule has 0 aromatic carbocycles. The van der Waals surface area contributed by atoms with Crippen LogP contribution in [-0.4, -0.2) is 22.8 Å². The number of rotatable bonds is 5. The van der Waals surface area contributed by atoms with E-state index in [1.807, 2.05) is 17.3 Å². The molecule has 0 aliphatic carbocycles. The second kappa shape index (κ2) is 5.76. The lowest BCUT2D eigenvalue weighted by atomic mass is 10.2. The highest BCUT2D eigenvalue weighted by Crippen LogP contribution is 2.14. The van der Waals surface area contributed by atoms with Gasteiger partial charge in [-0.2, -0.15) is 0 Å². The monoisotopic (exact) mass is 266 g/mol. The lowest BCUT2D eigenvalue weighted by molar-refractivity contribution is 0.0923. The fraction of sp³-hybridized carbons (Fsp3) is 0.273. The smallest absolute Gasteiger partial charge is 0.301 e. The summed E-state index contributed by atoms with van der Waals surface area (Å²) in [5.41, 5.74) is 5.68. The molecule has 2 aromatic rings. The molecule has 18 heavy (non-hydrogen) atoms. The maximum Gasteiger partial charge on any atom is 0.301 e. The molecule has 3 N–H and O–H groups in total. The summed E-state index contributed by atoms with van der Waals surface area (Å²) >= 11 is 1.56. The lowest BCUT2D eigenvalue weighted by Gasteiger charge is -2.14. The molecule has 2 heterocycles. The van der Waals surface area contributed by atoms with Crippen LogP contribution in [0.15, 0.2) is 27.6 Å². The van der Waals surface area contributed by atoms with Gasteiger partial charge in [-0.25, -0.2) is 10.8 Å². The van der Waals surface area contributed by atoms with E-state index in [1.165, 1.54) is 6.26 Å². The number of thiazole rings is 1. The molecule has 0 fully saturated rings. The number of aromatic nitrogens is 1. The molecule has 0 spiro atoms. The molecular weight excluding hydrogens is 252 g/mol. The molecule has 0 radical (unpaired) electrons. The van der Waals surface area contributed by atoms with Gasteiger partial charge in [0.05, 0.1) is 17.5 Å². The van der Waals surface area contributed by atoms with Crippen LogP contribution in [0.3, 0.4) is 0 Å². The first-order chi connectivity index (χ1) is 8.70. The van der Waals surface area contributed by atoms with Gasteiger partial charge in [-0.05, 0) is 13.1 Å². The van der Waals surface area contributed by atoms with Crippen molar-refractivity contribution < 1.29 is 9.21 Å². The highest BCUT2D eigenvalue weighted by Gasteiger charge is 2.15. The average molecular weight is 266 g/mol. The first-order valence-corrected chi connectivity index (χ1v) is 6.28. The molecule has 0 bridgehead atoms. The Kier molecular flexibility index (Phi) is 4.08. The Labute approximate surface area is 108 Å². The zero-order chi connectivity index (χ0) is 13.0. The Morgan fingerprint density at radius 1 is 1.61 bits per heavy atom. The standard InChI is InChI=1S/C11H14N4O2S/c1-15(5-9-6-18-7-13-9)4-8-2-3-17-10(8)11(16)14-12/h2-3,6-7H,4-5,12H2,1H3,(H,14,16). The van der Waals surface area contributed by atoms with Crippen LogP contribution in [0.25, 0.3) is 0 Å². The van der Waals surface area contributed by atoms with Gasteiger partial charge < -0.3 is 4.42 Å². The van der Waals surface area contributed by atoms with Crippen LogP contribution in [0.5, 0.6) is 0 Å². The van der Waals surface area contributed by atoms with Crippen molar-refractivity contribution in [3.05, 3.63) is 40.2 Å². The minimum Gasteiger partial charge on any atom is -0.459 e. The average Bonchev–Trinajstić information content (AvgIpc) is 2.99. The van der Waals surface area contributed by atoms with Crippen molar-refractivity contribution in [3.8, 4) is 0 Å². The fourth-order valence-corrected chi connectivity index (χ4v) is 2.21. The van der Waals surface area contributed by atoms with E-state index in [0.29, 0.717) is 6.54 Å². The first kappa shape index (κ1) is 12.7. The quantitative estimate of drug-likeness (QED) is 0.478. The summed E-state index contributed by atoms with van der Waals surface area (Å²) in [6, 6.07) is 1.77. The second-order valence-electron chi connectivity index (χ2n) is 3.90. The lowest BCUT2D eigenvalue weighted by Crippen LogP contribution is -2.31. The van der Waals surface area contributed by atoms with Crippen LogP contribution in [0.1, 0.15) is 21.8 Å². The van der Waals surface area contributed by atoms with Gasteiger partial charge in [0.1, 0.15) is 0 Å². The van der Waals surface area contributed by atoms with E-state index in [2.05, 4.69) is 10.4 Å². The van der Waals surface area contributed by atoms with Crippen molar-refractivity contribution in [1.29, 1.82) is 0 Å². The largest absolute Gasteiger partial charge is 0.459 e. The molecule has 1 amide bonds. The van der Waals surface area contributed by atoms with Crippen LogP contribution in [0, 0.1) is 0 Å². The maximum absolute atomic E-state index is 11.4. The predicted octanol–water partition coefficient (Wildman–Crippen LogP) is 0.972. The Morgan fingerprint density at radius 3 is 3.11 bits per heavy atom. The number of carbonyl (C=O) groups excluding carboxylic acids is 1. The fourth-order valence-electron chi connectivity index (χ4n) is 1.66. The van der Waals surface area contributed by atoms with E-state index in [-0.39, 0.29) is 5.76 Å². The van der Waals surface area contributed by atoms with Gasteiger partial charge in [-0.3, -0.25) is 15.1 Å². The van der Waals surface area contributed by atoms with E-state index in [0.717, 1.165) is 17.8 Å². The number of nitrogens with one attached hydrogen (secondary N) is 1. The van der Waals surface area contributed by atoms with Crippen molar-refractivity contribution in [3.63, 3.8) is 0 Å². The highest BCUT2D eigenvalue weighted by molar-refractivity contribution is 7.07. The summed E-state index contributed by atoms with van der Waals surface area (Å²) < 4.78 is 5.12. The van der Waals surface area contributed by atoms with E-state index in [4.69, 9.17) is 10.3 Å². The van der Waals surface area contributed by atoms with E-state index >= 15 is 0 Å².